The lowest BCUT2D eigenvalue weighted by molar-refractivity contribution is 0.529. The summed E-state index contributed by atoms with van der Waals surface area (Å²) in [4.78, 5) is 0. The maximum atomic E-state index is 6.07. The van der Waals surface area contributed by atoms with Gasteiger partial charge in [0.05, 0.1) is 5.02 Å². The quantitative estimate of drug-likeness (QED) is 0.724. The molecule has 19 heavy (non-hydrogen) atoms. The summed E-state index contributed by atoms with van der Waals surface area (Å²) < 4.78 is 0.959. The number of nitrogens with one attached hydrogen (secondary N) is 1. The molecule has 2 aromatic rings. The summed E-state index contributed by atoms with van der Waals surface area (Å²) in [7, 11) is 0. The zero-order valence-electron chi connectivity index (χ0n) is 10.8. The van der Waals surface area contributed by atoms with E-state index >= 15 is 0 Å². The van der Waals surface area contributed by atoms with Gasteiger partial charge < -0.3 is 5.32 Å². The molecule has 2 rings (SSSR count). The fourth-order valence-corrected chi connectivity index (χ4v) is 3.20. The van der Waals surface area contributed by atoms with Crippen LogP contribution in [0.1, 0.15) is 30.5 Å². The van der Waals surface area contributed by atoms with Gasteiger partial charge in [-0.05, 0) is 75.4 Å². The third-order valence-corrected chi connectivity index (χ3v) is 4.95. The molecular formula is C15H17BrClNS. The van der Waals surface area contributed by atoms with Gasteiger partial charge in [0.1, 0.15) is 0 Å². The predicted molar refractivity (Wildman–Crippen MR) is 88.2 cm³/mol. The summed E-state index contributed by atoms with van der Waals surface area (Å²) in [6.45, 7) is 3.21. The van der Waals surface area contributed by atoms with Gasteiger partial charge in [0.25, 0.3) is 0 Å². The van der Waals surface area contributed by atoms with Crippen LogP contribution in [0.15, 0.2) is 39.5 Å². The third kappa shape index (κ3) is 4.32. The average molecular weight is 359 g/mol. The van der Waals surface area contributed by atoms with E-state index in [1.807, 2.05) is 6.07 Å². The molecule has 0 saturated heterocycles. The monoisotopic (exact) mass is 357 g/mol. The first kappa shape index (κ1) is 15.0. The van der Waals surface area contributed by atoms with E-state index in [2.05, 4.69) is 57.1 Å². The highest BCUT2D eigenvalue weighted by molar-refractivity contribution is 9.10. The fraction of sp³-hybridized carbons (Fsp3) is 0.333. The van der Waals surface area contributed by atoms with Crippen molar-refractivity contribution in [1.82, 2.24) is 5.32 Å². The van der Waals surface area contributed by atoms with Crippen LogP contribution >= 0.6 is 38.9 Å². The van der Waals surface area contributed by atoms with Gasteiger partial charge in [-0.25, -0.2) is 0 Å². The van der Waals surface area contributed by atoms with Gasteiger partial charge in [0.2, 0.25) is 0 Å². The number of halogens is 2. The van der Waals surface area contributed by atoms with Crippen molar-refractivity contribution in [1.29, 1.82) is 0 Å². The molecule has 0 aliphatic rings. The van der Waals surface area contributed by atoms with Crippen LogP contribution in [0.2, 0.25) is 5.02 Å². The Hall–Kier alpha value is -0.350. The summed E-state index contributed by atoms with van der Waals surface area (Å²) >= 11 is 11.3. The number of hydrogen-bond acceptors (Lipinski definition) is 2. The Morgan fingerprint density at radius 2 is 2.21 bits per heavy atom. The van der Waals surface area contributed by atoms with Gasteiger partial charge in [0, 0.05) is 10.5 Å². The first-order chi connectivity index (χ1) is 9.20. The standard InChI is InChI=1S/C15H17BrClNS/c1-2-6-18-15(8-11-5-7-19-10-11)12-3-4-14(17)13(16)9-12/h3-5,7,9-10,15,18H,2,6,8H2,1H3. The molecule has 1 heterocycles. The number of hydrogen-bond donors (Lipinski definition) is 1. The molecule has 0 aliphatic heterocycles. The first-order valence-corrected chi connectivity index (χ1v) is 8.51. The van der Waals surface area contributed by atoms with Crippen molar-refractivity contribution in [2.75, 3.05) is 6.54 Å². The second kappa shape index (κ2) is 7.44. The molecule has 4 heteroatoms. The van der Waals surface area contributed by atoms with Crippen molar-refractivity contribution in [3.05, 3.63) is 55.6 Å². The highest BCUT2D eigenvalue weighted by Gasteiger charge is 2.13. The molecule has 102 valence electrons. The van der Waals surface area contributed by atoms with Crippen molar-refractivity contribution >= 4 is 38.9 Å². The van der Waals surface area contributed by atoms with Gasteiger partial charge in [-0.1, -0.05) is 24.6 Å². The molecule has 1 unspecified atom stereocenters. The van der Waals surface area contributed by atoms with E-state index in [1.54, 1.807) is 11.3 Å². The van der Waals surface area contributed by atoms with E-state index < -0.39 is 0 Å². The summed E-state index contributed by atoms with van der Waals surface area (Å²) in [6.07, 6.45) is 2.15. The van der Waals surface area contributed by atoms with E-state index in [-0.39, 0.29) is 0 Å². The van der Waals surface area contributed by atoms with Gasteiger partial charge in [0.15, 0.2) is 0 Å². The van der Waals surface area contributed by atoms with Crippen molar-refractivity contribution in [2.45, 2.75) is 25.8 Å². The molecule has 1 nitrogen and oxygen atoms in total. The van der Waals surface area contributed by atoms with E-state index in [0.717, 1.165) is 28.9 Å². The van der Waals surface area contributed by atoms with E-state index in [0.29, 0.717) is 6.04 Å². The van der Waals surface area contributed by atoms with Crippen LogP contribution in [-0.4, -0.2) is 6.54 Å². The zero-order chi connectivity index (χ0) is 13.7. The van der Waals surface area contributed by atoms with Crippen LogP contribution in [0.3, 0.4) is 0 Å². The SMILES string of the molecule is CCCNC(Cc1ccsc1)c1ccc(Cl)c(Br)c1. The van der Waals surface area contributed by atoms with Crippen LogP contribution in [0.4, 0.5) is 0 Å². The topological polar surface area (TPSA) is 12.0 Å². The Morgan fingerprint density at radius 3 is 2.84 bits per heavy atom. The minimum atomic E-state index is 0.336. The normalized spacial score (nSPS) is 12.6. The highest BCUT2D eigenvalue weighted by atomic mass is 79.9. The summed E-state index contributed by atoms with van der Waals surface area (Å²) in [5.74, 6) is 0. The van der Waals surface area contributed by atoms with E-state index in [4.69, 9.17) is 11.6 Å². The minimum Gasteiger partial charge on any atom is -0.310 e. The smallest absolute Gasteiger partial charge is 0.0548 e. The van der Waals surface area contributed by atoms with Gasteiger partial charge >= 0.3 is 0 Å². The van der Waals surface area contributed by atoms with Gasteiger partial charge in [-0.2, -0.15) is 11.3 Å². The fourth-order valence-electron chi connectivity index (χ4n) is 2.00. The lowest BCUT2D eigenvalue weighted by Gasteiger charge is -2.19. The van der Waals surface area contributed by atoms with Crippen LogP contribution in [0, 0.1) is 0 Å². The van der Waals surface area contributed by atoms with Crippen molar-refractivity contribution < 1.29 is 0 Å². The number of rotatable bonds is 6. The number of thiophene rings is 1. The van der Waals surface area contributed by atoms with E-state index in [1.165, 1.54) is 11.1 Å². The molecule has 1 atom stereocenters. The summed E-state index contributed by atoms with van der Waals surface area (Å²) in [6, 6.07) is 8.70. The molecule has 0 spiro atoms. The highest BCUT2D eigenvalue weighted by Crippen LogP contribution is 2.28. The molecule has 0 bridgehead atoms. The Bertz CT molecular complexity index is 513. The number of benzene rings is 1. The van der Waals surface area contributed by atoms with Gasteiger partial charge in [-0.15, -0.1) is 0 Å². The molecule has 0 aliphatic carbocycles. The molecule has 1 aromatic heterocycles. The van der Waals surface area contributed by atoms with Crippen LogP contribution in [-0.2, 0) is 6.42 Å². The second-order valence-corrected chi connectivity index (χ2v) is 6.56. The minimum absolute atomic E-state index is 0.336. The maximum Gasteiger partial charge on any atom is 0.0548 e. The molecule has 1 N–H and O–H groups in total. The van der Waals surface area contributed by atoms with Gasteiger partial charge in [-0.3, -0.25) is 0 Å². The largest absolute Gasteiger partial charge is 0.310 e. The Balaban J connectivity index is 2.18. The molecule has 0 saturated carbocycles. The van der Waals surface area contributed by atoms with Crippen molar-refractivity contribution in [3.63, 3.8) is 0 Å². The van der Waals surface area contributed by atoms with Crippen LogP contribution in [0.5, 0.6) is 0 Å². The van der Waals surface area contributed by atoms with Crippen molar-refractivity contribution in [3.8, 4) is 0 Å². The van der Waals surface area contributed by atoms with E-state index in [9.17, 15) is 0 Å². The third-order valence-electron chi connectivity index (χ3n) is 3.01. The Labute approximate surface area is 132 Å². The molecule has 1 aromatic carbocycles. The first-order valence-electron chi connectivity index (χ1n) is 6.40. The lowest BCUT2D eigenvalue weighted by Crippen LogP contribution is -2.24. The molecule has 0 amide bonds. The molecule has 0 fully saturated rings. The van der Waals surface area contributed by atoms with Crippen LogP contribution in [0.25, 0.3) is 0 Å². The molecular weight excluding hydrogens is 342 g/mol. The summed E-state index contributed by atoms with van der Waals surface area (Å²) in [5.41, 5.74) is 2.65. The molecule has 0 radical (unpaired) electrons. The predicted octanol–water partition coefficient (Wildman–Crippen LogP) is 5.45. The second-order valence-electron chi connectivity index (χ2n) is 4.52. The Kier molecular flexibility index (Phi) is 5.89. The maximum absolute atomic E-state index is 6.07. The summed E-state index contributed by atoms with van der Waals surface area (Å²) in [5, 5.41) is 8.71. The van der Waals surface area contributed by atoms with Crippen LogP contribution < -0.4 is 5.32 Å². The lowest BCUT2D eigenvalue weighted by atomic mass is 10.0. The Morgan fingerprint density at radius 1 is 1.37 bits per heavy atom. The van der Waals surface area contributed by atoms with Crippen molar-refractivity contribution in [2.24, 2.45) is 0 Å². The average Bonchev–Trinajstić information content (AvgIpc) is 2.91. The zero-order valence-corrected chi connectivity index (χ0v) is 14.0.